The highest BCUT2D eigenvalue weighted by molar-refractivity contribution is 6.22. The van der Waals surface area contributed by atoms with Crippen LogP contribution in [0.25, 0.3) is 49.3 Å². The molecule has 30 heavy (non-hydrogen) atoms. The van der Waals surface area contributed by atoms with Gasteiger partial charge in [0.15, 0.2) is 5.52 Å². The number of fused-ring (bicyclic) bond motifs is 8. The molecule has 3 nitrogen and oxygen atoms in total. The summed E-state index contributed by atoms with van der Waals surface area (Å²) in [7, 11) is 0. The Morgan fingerprint density at radius 2 is 1.87 bits per heavy atom. The number of rotatable bonds is 1. The zero-order chi connectivity index (χ0) is 20.0. The van der Waals surface area contributed by atoms with Crippen LogP contribution in [0.4, 0.5) is 0 Å². The van der Waals surface area contributed by atoms with E-state index in [1.165, 1.54) is 32.9 Å². The molecule has 0 radical (unpaired) electrons. The summed E-state index contributed by atoms with van der Waals surface area (Å²) >= 11 is 0. The number of furan rings is 1. The predicted octanol–water partition coefficient (Wildman–Crippen LogP) is 5.77. The lowest BCUT2D eigenvalue weighted by Crippen LogP contribution is -2.18. The molecule has 0 saturated carbocycles. The Morgan fingerprint density at radius 1 is 1.00 bits per heavy atom. The highest BCUT2D eigenvalue weighted by atomic mass is 16.3. The van der Waals surface area contributed by atoms with E-state index in [-0.39, 0.29) is 0 Å². The fraction of sp³-hybridized carbons (Fsp3) is 0.0370. The van der Waals surface area contributed by atoms with Crippen molar-refractivity contribution < 1.29 is 13.4 Å². The maximum absolute atomic E-state index is 6.50. The molecular formula is C27H18N2O. The van der Waals surface area contributed by atoms with Gasteiger partial charge in [-0.2, -0.15) is 0 Å². The van der Waals surface area contributed by atoms with Gasteiger partial charge in [0.05, 0.1) is 12.1 Å². The first-order valence-electron chi connectivity index (χ1n) is 10.1. The minimum atomic E-state index is 0.919. The molecule has 3 aromatic heterocycles. The van der Waals surface area contributed by atoms with E-state index in [9.17, 15) is 0 Å². The number of aromatic nitrogens is 1. The van der Waals surface area contributed by atoms with E-state index in [2.05, 4.69) is 78.7 Å². The summed E-state index contributed by atoms with van der Waals surface area (Å²) in [5.41, 5.74) is 7.85. The Hall–Kier alpha value is -3.98. The quantitative estimate of drug-likeness (QED) is 0.199. The lowest BCUT2D eigenvalue weighted by molar-refractivity contribution is -0.443. The minimum absolute atomic E-state index is 0.919. The molecule has 1 aliphatic rings. The zero-order valence-corrected chi connectivity index (χ0v) is 16.5. The molecule has 6 aromatic rings. The SMILES string of the molecule is C=[N+]1C=CC=C[C-]1c1c(C)cc2c3ccccc3[n+]3c4c([o+][c-]5ccccc45)c1[c-]23. The summed E-state index contributed by atoms with van der Waals surface area (Å²) in [6, 6.07) is 20.4. The zero-order valence-electron chi connectivity index (χ0n) is 16.5. The molecule has 3 heteroatoms. The minimum Gasteiger partial charge on any atom is -0.273 e. The molecule has 0 aliphatic carbocycles. The van der Waals surface area contributed by atoms with Crippen molar-refractivity contribution in [1.29, 1.82) is 0 Å². The number of allylic oxidation sites excluding steroid dienone is 2. The van der Waals surface area contributed by atoms with Crippen LogP contribution in [0.15, 0.2) is 83.4 Å². The van der Waals surface area contributed by atoms with Gasteiger partial charge in [0.2, 0.25) is 5.52 Å². The maximum Gasteiger partial charge on any atom is 0.333 e. The third-order valence-corrected chi connectivity index (χ3v) is 6.37. The van der Waals surface area contributed by atoms with Gasteiger partial charge in [0.1, 0.15) is 17.8 Å². The highest BCUT2D eigenvalue weighted by Crippen LogP contribution is 2.43. The monoisotopic (exact) mass is 386 g/mol. The third-order valence-electron chi connectivity index (χ3n) is 6.37. The molecule has 0 N–H and O–H groups in total. The molecule has 7 rings (SSSR count). The summed E-state index contributed by atoms with van der Waals surface area (Å²) in [4.78, 5) is 0. The Balaban J connectivity index is 1.81. The summed E-state index contributed by atoms with van der Waals surface area (Å²) in [5.74, 6) is 0. The smallest absolute Gasteiger partial charge is 0.273 e. The van der Waals surface area contributed by atoms with Crippen molar-refractivity contribution in [2.75, 3.05) is 0 Å². The highest BCUT2D eigenvalue weighted by Gasteiger charge is 2.32. The van der Waals surface area contributed by atoms with Crippen LogP contribution in [0, 0.1) is 13.0 Å². The van der Waals surface area contributed by atoms with Gasteiger partial charge < -0.3 is 0 Å². The van der Waals surface area contributed by atoms with Crippen LogP contribution in [0.2, 0.25) is 0 Å². The van der Waals surface area contributed by atoms with Gasteiger partial charge in [-0.05, 0) is 22.9 Å². The van der Waals surface area contributed by atoms with Crippen molar-refractivity contribution in [3.63, 3.8) is 0 Å². The maximum atomic E-state index is 6.50. The van der Waals surface area contributed by atoms with Gasteiger partial charge >= 0.3 is 5.58 Å². The van der Waals surface area contributed by atoms with Crippen molar-refractivity contribution in [3.8, 4) is 0 Å². The number of nitrogens with zero attached hydrogens (tertiary/aromatic N) is 2. The molecule has 0 fully saturated rings. The van der Waals surface area contributed by atoms with Crippen molar-refractivity contribution in [3.05, 3.63) is 96.2 Å². The molecule has 0 unspecified atom stereocenters. The van der Waals surface area contributed by atoms with E-state index >= 15 is 0 Å². The first-order chi connectivity index (χ1) is 14.7. The average Bonchev–Trinajstić information content (AvgIpc) is 3.39. The normalized spacial score (nSPS) is 14.6. The predicted molar refractivity (Wildman–Crippen MR) is 121 cm³/mol. The number of hydrogen-bond acceptors (Lipinski definition) is 0. The van der Waals surface area contributed by atoms with Crippen LogP contribution in [-0.2, 0) is 0 Å². The molecule has 0 bridgehead atoms. The number of para-hydroxylation sites is 2. The van der Waals surface area contributed by atoms with Crippen LogP contribution >= 0.6 is 0 Å². The Labute approximate surface area is 172 Å². The summed E-state index contributed by atoms with van der Waals surface area (Å²) in [5, 5.41) is 4.85. The number of aryl methyl sites for hydroxylation is 1. The Kier molecular flexibility index (Phi) is 2.82. The molecule has 0 amide bonds. The molecule has 0 saturated heterocycles. The second-order valence-electron chi connectivity index (χ2n) is 8.02. The third kappa shape index (κ3) is 1.76. The Morgan fingerprint density at radius 3 is 2.77 bits per heavy atom. The lowest BCUT2D eigenvalue weighted by Gasteiger charge is -2.21. The topological polar surface area (TPSA) is 18.4 Å². The molecule has 142 valence electrons. The number of hydrogen-bond donors (Lipinski definition) is 0. The van der Waals surface area contributed by atoms with E-state index in [4.69, 9.17) is 4.42 Å². The van der Waals surface area contributed by atoms with Gasteiger partial charge in [-0.25, -0.2) is 4.40 Å². The van der Waals surface area contributed by atoms with E-state index < -0.39 is 0 Å². The first kappa shape index (κ1) is 15.9. The first-order valence-corrected chi connectivity index (χ1v) is 10.1. The molecule has 4 heterocycles. The summed E-state index contributed by atoms with van der Waals surface area (Å²) < 4.78 is 10.8. The van der Waals surface area contributed by atoms with E-state index in [0.29, 0.717) is 0 Å². The molecular weight excluding hydrogens is 368 g/mol. The second kappa shape index (κ2) is 5.33. The lowest BCUT2D eigenvalue weighted by atomic mass is 9.93. The van der Waals surface area contributed by atoms with Crippen molar-refractivity contribution >= 4 is 56.0 Å². The van der Waals surface area contributed by atoms with Gasteiger partial charge in [-0.3, -0.25) is 8.99 Å². The fourth-order valence-electron chi connectivity index (χ4n) is 5.17. The van der Waals surface area contributed by atoms with E-state index in [1.54, 1.807) is 0 Å². The average molecular weight is 386 g/mol. The largest absolute Gasteiger partial charge is 0.333 e. The van der Waals surface area contributed by atoms with Crippen LogP contribution in [0.3, 0.4) is 0 Å². The van der Waals surface area contributed by atoms with Crippen LogP contribution in [0.1, 0.15) is 11.1 Å². The summed E-state index contributed by atoms with van der Waals surface area (Å²) in [6.45, 7) is 6.42. The summed E-state index contributed by atoms with van der Waals surface area (Å²) in [6.07, 6.45) is 8.20. The van der Waals surface area contributed by atoms with Crippen LogP contribution < -0.4 is 4.40 Å². The van der Waals surface area contributed by atoms with Gasteiger partial charge in [0, 0.05) is 5.39 Å². The molecule has 0 atom stereocenters. The standard InChI is InChI=1S/C27H18N2O/c1-16-15-19-17-9-3-5-11-20(17)29-25(19)24(23(16)21-12-7-8-14-28(21)2)27-26(29)18-10-4-6-13-22(18)30-27/h3-15H,2H2,1H3. The molecule has 0 spiro atoms. The van der Waals surface area contributed by atoms with E-state index in [1.807, 2.05) is 22.9 Å². The fourth-order valence-corrected chi connectivity index (χ4v) is 5.17. The van der Waals surface area contributed by atoms with Crippen LogP contribution in [-0.4, -0.2) is 11.3 Å². The molecule has 1 aliphatic heterocycles. The number of benzene rings is 3. The van der Waals surface area contributed by atoms with Crippen molar-refractivity contribution in [2.24, 2.45) is 0 Å². The molecule has 3 aromatic carbocycles. The van der Waals surface area contributed by atoms with Crippen molar-refractivity contribution in [1.82, 2.24) is 0 Å². The van der Waals surface area contributed by atoms with Gasteiger partial charge in [0.25, 0.3) is 5.58 Å². The van der Waals surface area contributed by atoms with Crippen LogP contribution in [0.5, 0.6) is 0 Å². The van der Waals surface area contributed by atoms with Gasteiger partial charge in [-0.15, -0.1) is 35.9 Å². The van der Waals surface area contributed by atoms with E-state index in [0.717, 1.165) is 33.5 Å². The Bertz CT molecular complexity index is 1720. The second-order valence-corrected chi connectivity index (χ2v) is 8.02. The van der Waals surface area contributed by atoms with Gasteiger partial charge in [-0.1, -0.05) is 42.8 Å². The van der Waals surface area contributed by atoms with Crippen molar-refractivity contribution in [2.45, 2.75) is 6.92 Å².